The van der Waals surface area contributed by atoms with Crippen LogP contribution in [0.2, 0.25) is 0 Å². The molecule has 0 radical (unpaired) electrons. The first-order valence-corrected chi connectivity index (χ1v) is 8.00. The third kappa shape index (κ3) is 3.00. The Morgan fingerprint density at radius 3 is 2.70 bits per heavy atom. The second-order valence-electron chi connectivity index (χ2n) is 4.33. The predicted molar refractivity (Wildman–Crippen MR) is 78.3 cm³/mol. The van der Waals surface area contributed by atoms with E-state index in [4.69, 9.17) is 5.73 Å². The molecule has 0 spiro atoms. The fourth-order valence-corrected chi connectivity index (χ4v) is 3.47. The molecule has 108 valence electrons. The Hall–Kier alpha value is -1.45. The second-order valence-corrected chi connectivity index (χ2v) is 6.89. The molecule has 1 unspecified atom stereocenters. The fourth-order valence-electron chi connectivity index (χ4n) is 1.71. The van der Waals surface area contributed by atoms with E-state index in [0.29, 0.717) is 16.0 Å². The van der Waals surface area contributed by atoms with E-state index in [1.807, 2.05) is 0 Å². The van der Waals surface area contributed by atoms with Crippen molar-refractivity contribution in [1.82, 2.24) is 19.5 Å². The number of hydrogen-bond donors (Lipinski definition) is 2. The SMILES string of the molecule is CC(NS(=O)(=O)c1ccc(N)c(Br)c1)c1nncn1C. The number of anilines is 1. The molecule has 1 atom stereocenters. The lowest BCUT2D eigenvalue weighted by Gasteiger charge is -2.14. The van der Waals surface area contributed by atoms with E-state index < -0.39 is 16.1 Å². The van der Waals surface area contributed by atoms with Gasteiger partial charge >= 0.3 is 0 Å². The molecule has 0 aliphatic heterocycles. The molecule has 2 aromatic rings. The Morgan fingerprint density at radius 2 is 2.15 bits per heavy atom. The van der Waals surface area contributed by atoms with Gasteiger partial charge in [0.25, 0.3) is 0 Å². The van der Waals surface area contributed by atoms with E-state index in [-0.39, 0.29) is 4.90 Å². The number of aromatic nitrogens is 3. The lowest BCUT2D eigenvalue weighted by molar-refractivity contribution is 0.553. The molecule has 3 N–H and O–H groups in total. The van der Waals surface area contributed by atoms with Gasteiger partial charge in [-0.25, -0.2) is 13.1 Å². The maximum Gasteiger partial charge on any atom is 0.241 e. The molecule has 1 aromatic heterocycles. The molecule has 0 fully saturated rings. The summed E-state index contributed by atoms with van der Waals surface area (Å²) in [5, 5.41) is 7.61. The van der Waals surface area contributed by atoms with Gasteiger partial charge in [-0.2, -0.15) is 0 Å². The molecule has 0 saturated heterocycles. The molecule has 0 aliphatic rings. The molecule has 1 aromatic carbocycles. The van der Waals surface area contributed by atoms with Crippen molar-refractivity contribution in [2.24, 2.45) is 7.05 Å². The third-order valence-electron chi connectivity index (χ3n) is 2.75. The van der Waals surface area contributed by atoms with Crippen molar-refractivity contribution in [3.63, 3.8) is 0 Å². The van der Waals surface area contributed by atoms with Gasteiger partial charge in [0, 0.05) is 17.2 Å². The summed E-state index contributed by atoms with van der Waals surface area (Å²) in [7, 11) is -1.91. The van der Waals surface area contributed by atoms with Crippen LogP contribution >= 0.6 is 15.9 Å². The quantitative estimate of drug-likeness (QED) is 0.798. The summed E-state index contributed by atoms with van der Waals surface area (Å²) in [6.45, 7) is 1.70. The van der Waals surface area contributed by atoms with Crippen LogP contribution < -0.4 is 10.5 Å². The smallest absolute Gasteiger partial charge is 0.241 e. The van der Waals surface area contributed by atoms with Crippen LogP contribution in [-0.2, 0) is 17.1 Å². The molecule has 2 rings (SSSR count). The Morgan fingerprint density at radius 1 is 1.45 bits per heavy atom. The van der Waals surface area contributed by atoms with Crippen molar-refractivity contribution in [2.75, 3.05) is 5.73 Å². The Balaban J connectivity index is 2.27. The van der Waals surface area contributed by atoms with Gasteiger partial charge in [-0.15, -0.1) is 10.2 Å². The Labute approximate surface area is 125 Å². The van der Waals surface area contributed by atoms with Crippen LogP contribution in [0.25, 0.3) is 0 Å². The molecule has 20 heavy (non-hydrogen) atoms. The summed E-state index contributed by atoms with van der Waals surface area (Å²) in [4.78, 5) is 0.132. The van der Waals surface area contributed by atoms with Crippen LogP contribution in [0.3, 0.4) is 0 Å². The largest absolute Gasteiger partial charge is 0.398 e. The summed E-state index contributed by atoms with van der Waals surface area (Å²) < 4.78 is 29.3. The number of nitrogens with one attached hydrogen (secondary N) is 1. The highest BCUT2D eigenvalue weighted by atomic mass is 79.9. The topological polar surface area (TPSA) is 103 Å². The number of nitrogens with two attached hydrogens (primary N) is 1. The fraction of sp³-hybridized carbons (Fsp3) is 0.273. The molecule has 0 amide bonds. The van der Waals surface area contributed by atoms with Crippen LogP contribution in [0.15, 0.2) is 33.9 Å². The summed E-state index contributed by atoms with van der Waals surface area (Å²) in [5.74, 6) is 0.531. The van der Waals surface area contributed by atoms with Gasteiger partial charge in [-0.05, 0) is 41.1 Å². The van der Waals surface area contributed by atoms with E-state index in [2.05, 4.69) is 30.8 Å². The summed E-state index contributed by atoms with van der Waals surface area (Å²) in [5.41, 5.74) is 6.12. The zero-order valence-electron chi connectivity index (χ0n) is 10.9. The highest BCUT2D eigenvalue weighted by Crippen LogP contribution is 2.24. The minimum atomic E-state index is -3.66. The van der Waals surface area contributed by atoms with Crippen molar-refractivity contribution in [3.05, 3.63) is 34.8 Å². The van der Waals surface area contributed by atoms with Gasteiger partial charge in [-0.1, -0.05) is 0 Å². The molecule has 7 nitrogen and oxygen atoms in total. The molecular weight excluding hydrogens is 346 g/mol. The average Bonchev–Trinajstić information content (AvgIpc) is 2.78. The van der Waals surface area contributed by atoms with Crippen LogP contribution in [0.4, 0.5) is 5.69 Å². The van der Waals surface area contributed by atoms with E-state index in [1.54, 1.807) is 18.5 Å². The first kappa shape index (κ1) is 14.9. The molecular formula is C11H14BrN5O2S. The first-order valence-electron chi connectivity index (χ1n) is 5.72. The standard InChI is InChI=1S/C11H14BrN5O2S/c1-7(11-15-14-6-17(11)2)16-20(18,19)8-3-4-10(13)9(12)5-8/h3-7,16H,13H2,1-2H3. The van der Waals surface area contributed by atoms with Gasteiger partial charge in [0.15, 0.2) is 0 Å². The van der Waals surface area contributed by atoms with Crippen molar-refractivity contribution < 1.29 is 8.42 Å². The molecule has 0 aliphatic carbocycles. The van der Waals surface area contributed by atoms with Gasteiger partial charge in [0.1, 0.15) is 12.2 Å². The van der Waals surface area contributed by atoms with E-state index in [9.17, 15) is 8.42 Å². The number of rotatable bonds is 4. The van der Waals surface area contributed by atoms with Crippen LogP contribution in [0.5, 0.6) is 0 Å². The highest BCUT2D eigenvalue weighted by molar-refractivity contribution is 9.10. The van der Waals surface area contributed by atoms with Crippen LogP contribution in [-0.4, -0.2) is 23.2 Å². The minimum Gasteiger partial charge on any atom is -0.398 e. The van der Waals surface area contributed by atoms with E-state index in [0.717, 1.165) is 0 Å². The Bertz CT molecular complexity index is 728. The van der Waals surface area contributed by atoms with Crippen LogP contribution in [0.1, 0.15) is 18.8 Å². The number of nitrogen functional groups attached to an aromatic ring is 1. The molecule has 0 saturated carbocycles. The first-order chi connectivity index (χ1) is 9.31. The minimum absolute atomic E-state index is 0.132. The van der Waals surface area contributed by atoms with Crippen molar-refractivity contribution in [3.8, 4) is 0 Å². The van der Waals surface area contributed by atoms with Crippen LogP contribution in [0, 0.1) is 0 Å². The number of nitrogens with zero attached hydrogens (tertiary/aromatic N) is 3. The monoisotopic (exact) mass is 359 g/mol. The lowest BCUT2D eigenvalue weighted by atomic mass is 10.3. The number of hydrogen-bond acceptors (Lipinski definition) is 5. The summed E-state index contributed by atoms with van der Waals surface area (Å²) >= 11 is 3.21. The predicted octanol–water partition coefficient (Wildman–Crippen LogP) is 1.20. The molecule has 0 bridgehead atoms. The third-order valence-corrected chi connectivity index (χ3v) is 4.97. The zero-order valence-corrected chi connectivity index (χ0v) is 13.3. The van der Waals surface area contributed by atoms with Gasteiger partial charge in [0.05, 0.1) is 10.9 Å². The normalized spacial score (nSPS) is 13.3. The van der Waals surface area contributed by atoms with E-state index in [1.165, 1.54) is 24.5 Å². The Kier molecular flexibility index (Phi) is 4.11. The highest BCUT2D eigenvalue weighted by Gasteiger charge is 2.21. The van der Waals surface area contributed by atoms with Gasteiger partial charge in [-0.3, -0.25) is 0 Å². The summed E-state index contributed by atoms with van der Waals surface area (Å²) in [6.07, 6.45) is 1.51. The molecule has 9 heteroatoms. The van der Waals surface area contributed by atoms with Crippen molar-refractivity contribution in [2.45, 2.75) is 17.9 Å². The van der Waals surface area contributed by atoms with Gasteiger partial charge in [0.2, 0.25) is 10.0 Å². The maximum absolute atomic E-state index is 12.3. The number of halogens is 1. The summed E-state index contributed by atoms with van der Waals surface area (Å²) in [6, 6.07) is 3.95. The molecule has 1 heterocycles. The number of aryl methyl sites for hydroxylation is 1. The van der Waals surface area contributed by atoms with Gasteiger partial charge < -0.3 is 10.3 Å². The van der Waals surface area contributed by atoms with Crippen molar-refractivity contribution in [1.29, 1.82) is 0 Å². The van der Waals surface area contributed by atoms with E-state index >= 15 is 0 Å². The second kappa shape index (κ2) is 5.51. The van der Waals surface area contributed by atoms with Crippen molar-refractivity contribution >= 4 is 31.6 Å². The zero-order chi connectivity index (χ0) is 14.9. The number of sulfonamides is 1. The number of benzene rings is 1. The average molecular weight is 360 g/mol. The lowest BCUT2D eigenvalue weighted by Crippen LogP contribution is -2.28. The maximum atomic E-state index is 12.3.